The summed E-state index contributed by atoms with van der Waals surface area (Å²) in [6, 6.07) is 3.61. The third-order valence-electron chi connectivity index (χ3n) is 1.65. The number of carbonyl (C=O) groups excluding carboxylic acids is 1. The average molecular weight is 192 g/mol. The molecule has 0 aliphatic carbocycles. The quantitative estimate of drug-likeness (QED) is 0.722. The molecule has 0 saturated heterocycles. The molecule has 0 bridgehead atoms. The molecule has 0 atom stereocenters. The molecule has 1 amide bonds. The lowest BCUT2D eigenvalue weighted by molar-refractivity contribution is -0.115. The molecule has 1 N–H and O–H groups in total. The van der Waals surface area contributed by atoms with Gasteiger partial charge in [-0.15, -0.1) is 0 Å². The molecule has 4 heteroatoms. The minimum absolute atomic E-state index is 0.157. The van der Waals surface area contributed by atoms with Gasteiger partial charge >= 0.3 is 0 Å². The van der Waals surface area contributed by atoms with Crippen molar-refractivity contribution in [3.63, 3.8) is 0 Å². The average Bonchev–Trinajstić information content (AvgIpc) is 2.26. The van der Waals surface area contributed by atoms with Gasteiger partial charge < -0.3 is 10.1 Å². The molecule has 14 heavy (non-hydrogen) atoms. The first-order valence-electron chi connectivity index (χ1n) is 4.16. The Hall–Kier alpha value is -1.84. The van der Waals surface area contributed by atoms with E-state index in [1.165, 1.54) is 6.08 Å². The first-order valence-corrected chi connectivity index (χ1v) is 4.16. The van der Waals surface area contributed by atoms with Gasteiger partial charge in [0.2, 0.25) is 11.8 Å². The molecule has 1 aromatic rings. The fourth-order valence-corrected chi connectivity index (χ4v) is 0.949. The number of aromatic nitrogens is 1. The maximum atomic E-state index is 10.9. The van der Waals surface area contributed by atoms with Crippen molar-refractivity contribution < 1.29 is 9.53 Å². The number of carbonyl (C=O) groups is 1. The number of ether oxygens (including phenoxy) is 1. The normalized spacial score (nSPS) is 10.1. The lowest BCUT2D eigenvalue weighted by Crippen LogP contribution is -2.13. The number of amides is 1. The van der Waals surface area contributed by atoms with Crippen LogP contribution in [0.15, 0.2) is 24.4 Å². The number of methoxy groups -OCH3 is 1. The van der Waals surface area contributed by atoms with Gasteiger partial charge in [-0.1, -0.05) is 0 Å². The summed E-state index contributed by atoms with van der Waals surface area (Å²) in [5.74, 6) is 0.351. The van der Waals surface area contributed by atoms with E-state index in [2.05, 4.69) is 10.3 Å². The highest BCUT2D eigenvalue weighted by Gasteiger charge is 1.98. The van der Waals surface area contributed by atoms with Crippen LogP contribution in [0.5, 0.6) is 5.88 Å². The van der Waals surface area contributed by atoms with Gasteiger partial charge in [0, 0.05) is 24.9 Å². The van der Waals surface area contributed by atoms with Crippen LogP contribution in [0.2, 0.25) is 0 Å². The van der Waals surface area contributed by atoms with Gasteiger partial charge in [-0.05, 0) is 18.2 Å². The van der Waals surface area contributed by atoms with Crippen molar-refractivity contribution in [3.8, 4) is 5.88 Å². The highest BCUT2D eigenvalue weighted by atomic mass is 16.5. The lowest BCUT2D eigenvalue weighted by atomic mass is 10.2. The highest BCUT2D eigenvalue weighted by molar-refractivity contribution is 5.91. The Bertz CT molecular complexity index is 348. The van der Waals surface area contributed by atoms with E-state index in [9.17, 15) is 4.79 Å². The molecular formula is C10H12N2O2. The molecule has 0 fully saturated rings. The molecule has 1 heterocycles. The van der Waals surface area contributed by atoms with Gasteiger partial charge in [0.1, 0.15) is 0 Å². The fraction of sp³-hybridized carbons (Fsp3) is 0.200. The van der Waals surface area contributed by atoms with Crippen LogP contribution < -0.4 is 10.1 Å². The second-order valence-corrected chi connectivity index (χ2v) is 2.55. The van der Waals surface area contributed by atoms with E-state index >= 15 is 0 Å². The number of nitrogens with zero attached hydrogens (tertiary/aromatic N) is 1. The van der Waals surface area contributed by atoms with Crippen molar-refractivity contribution in [2.24, 2.45) is 0 Å². The van der Waals surface area contributed by atoms with E-state index < -0.39 is 0 Å². The summed E-state index contributed by atoms with van der Waals surface area (Å²) in [7, 11) is 3.12. The first kappa shape index (κ1) is 10.2. The van der Waals surface area contributed by atoms with E-state index in [1.54, 1.807) is 32.5 Å². The molecule has 0 aliphatic heterocycles. The largest absolute Gasteiger partial charge is 0.481 e. The smallest absolute Gasteiger partial charge is 0.243 e. The van der Waals surface area contributed by atoms with Gasteiger partial charge in [-0.2, -0.15) is 0 Å². The maximum Gasteiger partial charge on any atom is 0.243 e. The Morgan fingerprint density at radius 2 is 2.43 bits per heavy atom. The monoisotopic (exact) mass is 192 g/mol. The summed E-state index contributed by atoms with van der Waals surface area (Å²) in [6.07, 6.45) is 4.72. The van der Waals surface area contributed by atoms with Crippen LogP contribution in [0.3, 0.4) is 0 Å². The molecule has 1 aromatic heterocycles. The van der Waals surface area contributed by atoms with Crippen LogP contribution in [0, 0.1) is 0 Å². The van der Waals surface area contributed by atoms with Crippen LogP contribution >= 0.6 is 0 Å². The molecule has 0 saturated carbocycles. The number of nitrogens with one attached hydrogen (secondary N) is 1. The third kappa shape index (κ3) is 2.58. The van der Waals surface area contributed by atoms with Gasteiger partial charge in [0.25, 0.3) is 0 Å². The second-order valence-electron chi connectivity index (χ2n) is 2.55. The Morgan fingerprint density at radius 3 is 3.07 bits per heavy atom. The van der Waals surface area contributed by atoms with Crippen LogP contribution in [0.4, 0.5) is 0 Å². The minimum Gasteiger partial charge on any atom is -0.481 e. The van der Waals surface area contributed by atoms with Crippen molar-refractivity contribution in [1.82, 2.24) is 10.3 Å². The molecule has 0 spiro atoms. The summed E-state index contributed by atoms with van der Waals surface area (Å²) >= 11 is 0. The van der Waals surface area contributed by atoms with Gasteiger partial charge in [0.15, 0.2) is 0 Å². The number of rotatable bonds is 3. The van der Waals surface area contributed by atoms with E-state index in [0.29, 0.717) is 5.88 Å². The Morgan fingerprint density at radius 1 is 1.64 bits per heavy atom. The summed E-state index contributed by atoms with van der Waals surface area (Å²) in [6.45, 7) is 0. The zero-order valence-electron chi connectivity index (χ0n) is 8.15. The van der Waals surface area contributed by atoms with Crippen LogP contribution in [-0.4, -0.2) is 25.0 Å². The molecule has 74 valence electrons. The summed E-state index contributed by atoms with van der Waals surface area (Å²) in [5.41, 5.74) is 0.776. The van der Waals surface area contributed by atoms with Crippen LogP contribution in [0.1, 0.15) is 5.56 Å². The minimum atomic E-state index is -0.157. The van der Waals surface area contributed by atoms with Crippen molar-refractivity contribution in [1.29, 1.82) is 0 Å². The number of hydrogen-bond acceptors (Lipinski definition) is 3. The first-order chi connectivity index (χ1) is 6.77. The van der Waals surface area contributed by atoms with Crippen LogP contribution in [-0.2, 0) is 4.79 Å². The van der Waals surface area contributed by atoms with Crippen molar-refractivity contribution in [2.45, 2.75) is 0 Å². The predicted octanol–water partition coefficient (Wildman–Crippen LogP) is 0.849. The number of likely N-dealkylation sites (N-methyl/N-ethyl adjacent to an activating group) is 1. The zero-order chi connectivity index (χ0) is 10.4. The fourth-order valence-electron chi connectivity index (χ4n) is 0.949. The molecule has 4 nitrogen and oxygen atoms in total. The number of pyridine rings is 1. The van der Waals surface area contributed by atoms with E-state index in [4.69, 9.17) is 4.74 Å². The van der Waals surface area contributed by atoms with E-state index in [-0.39, 0.29) is 5.91 Å². The Kier molecular flexibility index (Phi) is 3.67. The van der Waals surface area contributed by atoms with Crippen molar-refractivity contribution in [2.75, 3.05) is 14.2 Å². The highest BCUT2D eigenvalue weighted by Crippen LogP contribution is 2.14. The van der Waals surface area contributed by atoms with Gasteiger partial charge in [-0.25, -0.2) is 4.98 Å². The maximum absolute atomic E-state index is 10.9. The summed E-state index contributed by atoms with van der Waals surface area (Å²) in [4.78, 5) is 14.9. The van der Waals surface area contributed by atoms with E-state index in [1.807, 2.05) is 6.07 Å². The molecule has 0 aromatic carbocycles. The van der Waals surface area contributed by atoms with Crippen molar-refractivity contribution in [3.05, 3.63) is 30.0 Å². The second kappa shape index (κ2) is 5.01. The zero-order valence-corrected chi connectivity index (χ0v) is 8.15. The summed E-state index contributed by atoms with van der Waals surface area (Å²) < 4.78 is 5.02. The molecule has 0 radical (unpaired) electrons. The van der Waals surface area contributed by atoms with Gasteiger partial charge in [0.05, 0.1) is 7.11 Å². The number of hydrogen-bond donors (Lipinski definition) is 1. The van der Waals surface area contributed by atoms with Gasteiger partial charge in [-0.3, -0.25) is 4.79 Å². The Balaban J connectivity index is 2.85. The van der Waals surface area contributed by atoms with Crippen LogP contribution in [0.25, 0.3) is 6.08 Å². The molecule has 0 aliphatic rings. The molecule has 1 rings (SSSR count). The third-order valence-corrected chi connectivity index (χ3v) is 1.65. The van der Waals surface area contributed by atoms with E-state index in [0.717, 1.165) is 5.56 Å². The molecule has 0 unspecified atom stereocenters. The topological polar surface area (TPSA) is 51.2 Å². The summed E-state index contributed by atoms with van der Waals surface area (Å²) in [5, 5.41) is 2.49. The predicted molar refractivity (Wildman–Crippen MR) is 53.9 cm³/mol. The Labute approximate surface area is 82.6 Å². The molecular weight excluding hydrogens is 180 g/mol. The lowest BCUT2D eigenvalue weighted by Gasteiger charge is -2.01. The van der Waals surface area contributed by atoms with Crippen molar-refractivity contribution >= 4 is 12.0 Å². The standard InChI is InChI=1S/C10H12N2O2/c1-11-9(13)6-5-8-4-3-7-12-10(8)14-2/h3-7H,1-2H3,(H,11,13)/b6-5+. The SMILES string of the molecule is CNC(=O)/C=C/c1cccnc1OC.